The second-order valence-corrected chi connectivity index (χ2v) is 4.03. The summed E-state index contributed by atoms with van der Waals surface area (Å²) in [5.41, 5.74) is 1.20. The van der Waals surface area contributed by atoms with Crippen molar-refractivity contribution in [1.82, 2.24) is 0 Å². The maximum absolute atomic E-state index is 5.60. The fraction of sp³-hybridized carbons (Fsp3) is 0.538. The lowest BCUT2D eigenvalue weighted by atomic mass is 10.2. The van der Waals surface area contributed by atoms with E-state index in [0.29, 0.717) is 19.5 Å². The molecular weight excluding hydrogens is 188 g/mol. The van der Waals surface area contributed by atoms with Crippen LogP contribution in [0.1, 0.15) is 31.2 Å². The minimum absolute atomic E-state index is 0.430. The van der Waals surface area contributed by atoms with Gasteiger partial charge in [-0.25, -0.2) is 0 Å². The summed E-state index contributed by atoms with van der Waals surface area (Å²) < 4.78 is 11.1. The predicted octanol–water partition coefficient (Wildman–Crippen LogP) is 3.12. The van der Waals surface area contributed by atoms with Gasteiger partial charge in [-0.1, -0.05) is 43.2 Å². The van der Waals surface area contributed by atoms with Gasteiger partial charge in [-0.3, -0.25) is 0 Å². The molecule has 0 aliphatic heterocycles. The first-order chi connectivity index (χ1) is 7.45. The Balaban J connectivity index is 1.59. The smallest absolute Gasteiger partial charge is 0.147 e. The molecular formula is C13H18O2. The molecule has 1 aliphatic carbocycles. The molecule has 0 spiro atoms. The van der Waals surface area contributed by atoms with Gasteiger partial charge in [0.1, 0.15) is 6.79 Å². The van der Waals surface area contributed by atoms with Crippen molar-refractivity contribution in [2.75, 3.05) is 6.79 Å². The Labute approximate surface area is 91.2 Å². The molecule has 2 rings (SSSR count). The van der Waals surface area contributed by atoms with E-state index in [-0.39, 0.29) is 0 Å². The summed E-state index contributed by atoms with van der Waals surface area (Å²) >= 11 is 0. The predicted molar refractivity (Wildman–Crippen MR) is 59.4 cm³/mol. The van der Waals surface area contributed by atoms with Crippen molar-refractivity contribution in [3.05, 3.63) is 35.9 Å². The first kappa shape index (κ1) is 10.7. The van der Waals surface area contributed by atoms with Crippen LogP contribution in [0.4, 0.5) is 0 Å². The van der Waals surface area contributed by atoms with Crippen LogP contribution in [0.3, 0.4) is 0 Å². The van der Waals surface area contributed by atoms with Crippen LogP contribution in [-0.2, 0) is 16.1 Å². The lowest BCUT2D eigenvalue weighted by molar-refractivity contribution is -0.0933. The molecule has 1 saturated carbocycles. The van der Waals surface area contributed by atoms with Gasteiger partial charge < -0.3 is 9.47 Å². The highest BCUT2D eigenvalue weighted by molar-refractivity contribution is 5.13. The molecule has 0 aromatic heterocycles. The van der Waals surface area contributed by atoms with Crippen molar-refractivity contribution in [3.63, 3.8) is 0 Å². The lowest BCUT2D eigenvalue weighted by Gasteiger charge is -2.11. The van der Waals surface area contributed by atoms with E-state index in [1.54, 1.807) is 0 Å². The molecule has 82 valence electrons. The van der Waals surface area contributed by atoms with Crippen LogP contribution < -0.4 is 0 Å². The summed E-state index contributed by atoms with van der Waals surface area (Å²) in [6.07, 6.45) is 5.47. The third-order valence-electron chi connectivity index (χ3n) is 2.80. The molecule has 1 fully saturated rings. The van der Waals surface area contributed by atoms with Crippen LogP contribution in [0.2, 0.25) is 0 Å². The summed E-state index contributed by atoms with van der Waals surface area (Å²) in [4.78, 5) is 0. The molecule has 0 heterocycles. The van der Waals surface area contributed by atoms with E-state index in [1.165, 1.54) is 31.2 Å². The third kappa shape index (κ3) is 3.65. The third-order valence-corrected chi connectivity index (χ3v) is 2.80. The summed E-state index contributed by atoms with van der Waals surface area (Å²) in [5.74, 6) is 0. The van der Waals surface area contributed by atoms with Crippen LogP contribution in [0.25, 0.3) is 0 Å². The summed E-state index contributed by atoms with van der Waals surface area (Å²) in [6.45, 7) is 1.08. The Hall–Kier alpha value is -0.860. The number of hydrogen-bond acceptors (Lipinski definition) is 2. The van der Waals surface area contributed by atoms with Crippen molar-refractivity contribution in [2.45, 2.75) is 38.4 Å². The topological polar surface area (TPSA) is 18.5 Å². The zero-order valence-corrected chi connectivity index (χ0v) is 9.02. The van der Waals surface area contributed by atoms with Gasteiger partial charge in [0.25, 0.3) is 0 Å². The first-order valence-electron chi connectivity index (χ1n) is 5.68. The summed E-state index contributed by atoms with van der Waals surface area (Å²) in [6, 6.07) is 10.2. The van der Waals surface area contributed by atoms with Crippen molar-refractivity contribution >= 4 is 0 Å². The Morgan fingerprint density at radius 2 is 1.80 bits per heavy atom. The van der Waals surface area contributed by atoms with Gasteiger partial charge in [-0.15, -0.1) is 0 Å². The molecule has 0 atom stereocenters. The van der Waals surface area contributed by atoms with E-state index in [1.807, 2.05) is 18.2 Å². The molecule has 15 heavy (non-hydrogen) atoms. The fourth-order valence-electron chi connectivity index (χ4n) is 1.93. The molecule has 0 N–H and O–H groups in total. The van der Waals surface area contributed by atoms with Gasteiger partial charge in [0, 0.05) is 0 Å². The molecule has 0 unspecified atom stereocenters. The SMILES string of the molecule is c1ccc(COCOC2CCCC2)cc1. The van der Waals surface area contributed by atoms with Crippen LogP contribution in [0.5, 0.6) is 0 Å². The van der Waals surface area contributed by atoms with Crippen molar-refractivity contribution in [2.24, 2.45) is 0 Å². The van der Waals surface area contributed by atoms with Crippen LogP contribution >= 0.6 is 0 Å². The average molecular weight is 206 g/mol. The van der Waals surface area contributed by atoms with Gasteiger partial charge in [-0.05, 0) is 18.4 Å². The Bertz CT molecular complexity index is 265. The normalized spacial score (nSPS) is 17.1. The van der Waals surface area contributed by atoms with Gasteiger partial charge in [0.2, 0.25) is 0 Å². The maximum atomic E-state index is 5.60. The van der Waals surface area contributed by atoms with Crippen LogP contribution in [-0.4, -0.2) is 12.9 Å². The number of benzene rings is 1. The Morgan fingerprint density at radius 3 is 2.53 bits per heavy atom. The quantitative estimate of drug-likeness (QED) is 0.544. The first-order valence-corrected chi connectivity index (χ1v) is 5.68. The number of ether oxygens (including phenoxy) is 2. The van der Waals surface area contributed by atoms with E-state index >= 15 is 0 Å². The molecule has 0 amide bonds. The molecule has 2 heteroatoms. The molecule has 0 saturated heterocycles. The standard InChI is InChI=1S/C13H18O2/c1-2-6-12(7-3-1)10-14-11-15-13-8-4-5-9-13/h1-3,6-7,13H,4-5,8-11H2. The molecule has 0 bridgehead atoms. The Morgan fingerprint density at radius 1 is 1.07 bits per heavy atom. The van der Waals surface area contributed by atoms with Crippen molar-refractivity contribution < 1.29 is 9.47 Å². The zero-order valence-electron chi connectivity index (χ0n) is 9.02. The van der Waals surface area contributed by atoms with Crippen LogP contribution in [0, 0.1) is 0 Å². The average Bonchev–Trinajstić information content (AvgIpc) is 2.79. The van der Waals surface area contributed by atoms with Crippen molar-refractivity contribution in [3.8, 4) is 0 Å². The highest BCUT2D eigenvalue weighted by Gasteiger charge is 2.14. The lowest BCUT2D eigenvalue weighted by Crippen LogP contribution is -2.10. The van der Waals surface area contributed by atoms with Crippen molar-refractivity contribution in [1.29, 1.82) is 0 Å². The second-order valence-electron chi connectivity index (χ2n) is 4.03. The summed E-state index contributed by atoms with van der Waals surface area (Å²) in [5, 5.41) is 0. The van der Waals surface area contributed by atoms with E-state index in [9.17, 15) is 0 Å². The fourth-order valence-corrected chi connectivity index (χ4v) is 1.93. The van der Waals surface area contributed by atoms with Gasteiger partial charge in [-0.2, -0.15) is 0 Å². The van der Waals surface area contributed by atoms with Gasteiger partial charge in [0.05, 0.1) is 12.7 Å². The van der Waals surface area contributed by atoms with Gasteiger partial charge >= 0.3 is 0 Å². The zero-order chi connectivity index (χ0) is 10.3. The van der Waals surface area contributed by atoms with Crippen LogP contribution in [0.15, 0.2) is 30.3 Å². The van der Waals surface area contributed by atoms with E-state index in [2.05, 4.69) is 12.1 Å². The second kappa shape index (κ2) is 5.89. The number of rotatable bonds is 5. The maximum Gasteiger partial charge on any atom is 0.147 e. The largest absolute Gasteiger partial charge is 0.352 e. The molecule has 2 nitrogen and oxygen atoms in total. The molecule has 1 aliphatic rings. The summed E-state index contributed by atoms with van der Waals surface area (Å²) in [7, 11) is 0. The van der Waals surface area contributed by atoms with E-state index in [4.69, 9.17) is 9.47 Å². The van der Waals surface area contributed by atoms with E-state index in [0.717, 1.165) is 0 Å². The minimum Gasteiger partial charge on any atom is -0.352 e. The number of hydrogen-bond donors (Lipinski definition) is 0. The molecule has 0 radical (unpaired) electrons. The highest BCUT2D eigenvalue weighted by atomic mass is 16.7. The molecule has 1 aromatic rings. The van der Waals surface area contributed by atoms with Gasteiger partial charge in [0.15, 0.2) is 0 Å². The monoisotopic (exact) mass is 206 g/mol. The van der Waals surface area contributed by atoms with E-state index < -0.39 is 0 Å². The Kier molecular flexibility index (Phi) is 4.18. The molecule has 1 aromatic carbocycles. The minimum atomic E-state index is 0.430. The highest BCUT2D eigenvalue weighted by Crippen LogP contribution is 2.20.